The Morgan fingerprint density at radius 1 is 1.43 bits per heavy atom. The van der Waals surface area contributed by atoms with Gasteiger partial charge in [-0.05, 0) is 18.4 Å². The lowest BCUT2D eigenvalue weighted by Gasteiger charge is -2.26. The van der Waals surface area contributed by atoms with Crippen molar-refractivity contribution >= 4 is 0 Å². The lowest BCUT2D eigenvalue weighted by Crippen LogP contribution is -2.38. The molecule has 0 radical (unpaired) electrons. The summed E-state index contributed by atoms with van der Waals surface area (Å²) in [5, 5.41) is 12.2. The molecule has 3 nitrogen and oxygen atoms in total. The Kier molecular flexibility index (Phi) is 3.56. The van der Waals surface area contributed by atoms with Gasteiger partial charge in [-0.1, -0.05) is 18.9 Å². The van der Waals surface area contributed by atoms with Crippen molar-refractivity contribution in [3.63, 3.8) is 0 Å². The summed E-state index contributed by atoms with van der Waals surface area (Å²) < 4.78 is 5.91. The summed E-state index contributed by atoms with van der Waals surface area (Å²) in [6.45, 7) is 0.942. The first-order valence-corrected chi connectivity index (χ1v) is 5.56. The topological polar surface area (TPSA) is 41.5 Å². The van der Waals surface area contributed by atoms with Gasteiger partial charge < -0.3 is 9.84 Å². The first-order chi connectivity index (χ1) is 6.88. The van der Waals surface area contributed by atoms with E-state index in [9.17, 15) is 0 Å². The van der Waals surface area contributed by atoms with Crippen LogP contribution in [-0.4, -0.2) is 30.6 Å². The van der Waals surface area contributed by atoms with Crippen LogP contribution >= 0.6 is 0 Å². The first-order valence-electron chi connectivity index (χ1n) is 5.56. The molecule has 0 saturated heterocycles. The van der Waals surface area contributed by atoms with E-state index in [1.54, 1.807) is 0 Å². The number of hydrogen-bond acceptors (Lipinski definition) is 3. The molecule has 1 saturated carbocycles. The molecule has 14 heavy (non-hydrogen) atoms. The summed E-state index contributed by atoms with van der Waals surface area (Å²) in [4.78, 5) is 0. The van der Waals surface area contributed by atoms with E-state index >= 15 is 0 Å². The number of nitrogens with one attached hydrogen (secondary N) is 1. The van der Waals surface area contributed by atoms with E-state index in [4.69, 9.17) is 9.84 Å². The van der Waals surface area contributed by atoms with Crippen LogP contribution in [0.3, 0.4) is 0 Å². The van der Waals surface area contributed by atoms with Gasteiger partial charge in [-0.25, -0.2) is 0 Å². The SMILES string of the molecule is OCC1=CCC(OC2CCCC2)NC1. The van der Waals surface area contributed by atoms with E-state index in [-0.39, 0.29) is 12.8 Å². The van der Waals surface area contributed by atoms with Crippen molar-refractivity contribution in [2.24, 2.45) is 0 Å². The van der Waals surface area contributed by atoms with Crippen LogP contribution in [0.4, 0.5) is 0 Å². The lowest BCUT2D eigenvalue weighted by molar-refractivity contribution is -0.0258. The average Bonchev–Trinajstić information content (AvgIpc) is 2.72. The van der Waals surface area contributed by atoms with Gasteiger partial charge in [-0.3, -0.25) is 5.32 Å². The largest absolute Gasteiger partial charge is 0.392 e. The number of hydrogen-bond donors (Lipinski definition) is 2. The van der Waals surface area contributed by atoms with Gasteiger partial charge in [0.1, 0.15) is 6.23 Å². The van der Waals surface area contributed by atoms with Crippen LogP contribution in [0.2, 0.25) is 0 Å². The van der Waals surface area contributed by atoms with Gasteiger partial charge >= 0.3 is 0 Å². The molecule has 0 bridgehead atoms. The van der Waals surface area contributed by atoms with Gasteiger partial charge in [0.25, 0.3) is 0 Å². The molecule has 0 amide bonds. The van der Waals surface area contributed by atoms with Crippen molar-refractivity contribution in [3.05, 3.63) is 11.6 Å². The average molecular weight is 197 g/mol. The molecule has 80 valence electrons. The van der Waals surface area contributed by atoms with Crippen LogP contribution < -0.4 is 5.32 Å². The zero-order chi connectivity index (χ0) is 9.80. The Labute approximate surface area is 85.1 Å². The minimum Gasteiger partial charge on any atom is -0.392 e. The molecule has 1 heterocycles. The number of aliphatic hydroxyl groups is 1. The number of rotatable bonds is 3. The fourth-order valence-electron chi connectivity index (χ4n) is 2.16. The molecule has 2 N–H and O–H groups in total. The van der Waals surface area contributed by atoms with Gasteiger partial charge in [-0.2, -0.15) is 0 Å². The zero-order valence-electron chi connectivity index (χ0n) is 8.54. The molecule has 2 rings (SSSR count). The first kappa shape index (κ1) is 10.1. The van der Waals surface area contributed by atoms with Crippen molar-refractivity contribution in [1.29, 1.82) is 0 Å². The summed E-state index contributed by atoms with van der Waals surface area (Å²) in [7, 11) is 0. The fraction of sp³-hybridized carbons (Fsp3) is 0.818. The van der Waals surface area contributed by atoms with Crippen LogP contribution in [0.25, 0.3) is 0 Å². The van der Waals surface area contributed by atoms with Gasteiger partial charge in [0.15, 0.2) is 0 Å². The molecule has 0 aromatic heterocycles. The van der Waals surface area contributed by atoms with E-state index in [1.165, 1.54) is 25.7 Å². The molecule has 0 aromatic rings. The quantitative estimate of drug-likeness (QED) is 0.668. The monoisotopic (exact) mass is 197 g/mol. The molecular formula is C11H19NO2. The van der Waals surface area contributed by atoms with Crippen molar-refractivity contribution in [2.75, 3.05) is 13.2 Å². The Hall–Kier alpha value is -0.380. The lowest BCUT2D eigenvalue weighted by atomic mass is 10.1. The molecule has 1 aliphatic heterocycles. The third kappa shape index (κ3) is 2.56. The summed E-state index contributed by atoms with van der Waals surface area (Å²) in [6.07, 6.45) is 8.70. The van der Waals surface area contributed by atoms with Gasteiger partial charge in [-0.15, -0.1) is 0 Å². The highest BCUT2D eigenvalue weighted by molar-refractivity contribution is 5.08. The predicted molar refractivity (Wildman–Crippen MR) is 54.9 cm³/mol. The van der Waals surface area contributed by atoms with E-state index in [1.807, 2.05) is 0 Å². The summed E-state index contributed by atoms with van der Waals surface area (Å²) in [6, 6.07) is 0. The summed E-state index contributed by atoms with van der Waals surface area (Å²) >= 11 is 0. The van der Waals surface area contributed by atoms with Crippen molar-refractivity contribution in [1.82, 2.24) is 5.32 Å². The smallest absolute Gasteiger partial charge is 0.112 e. The molecular weight excluding hydrogens is 178 g/mol. The number of aliphatic hydroxyl groups excluding tert-OH is 1. The standard InChI is InChI=1S/C11H19NO2/c13-8-9-5-6-11(12-7-9)14-10-3-1-2-4-10/h5,10-13H,1-4,6-8H2. The Balaban J connectivity index is 1.75. The van der Waals surface area contributed by atoms with Gasteiger partial charge in [0.05, 0.1) is 12.7 Å². The molecule has 2 aliphatic rings. The molecule has 3 heteroatoms. The van der Waals surface area contributed by atoms with E-state index in [2.05, 4.69) is 11.4 Å². The maximum atomic E-state index is 8.91. The molecule has 1 unspecified atom stereocenters. The van der Waals surface area contributed by atoms with Crippen LogP contribution in [0, 0.1) is 0 Å². The minimum atomic E-state index is 0.170. The van der Waals surface area contributed by atoms with Crippen LogP contribution in [-0.2, 0) is 4.74 Å². The van der Waals surface area contributed by atoms with E-state index in [0.717, 1.165) is 18.5 Å². The van der Waals surface area contributed by atoms with E-state index in [0.29, 0.717) is 6.10 Å². The second-order valence-corrected chi connectivity index (χ2v) is 4.17. The highest BCUT2D eigenvalue weighted by Gasteiger charge is 2.21. The van der Waals surface area contributed by atoms with E-state index < -0.39 is 0 Å². The Bertz CT molecular complexity index is 209. The van der Waals surface area contributed by atoms with Crippen molar-refractivity contribution in [3.8, 4) is 0 Å². The zero-order valence-corrected chi connectivity index (χ0v) is 8.54. The van der Waals surface area contributed by atoms with Crippen LogP contribution in [0.1, 0.15) is 32.1 Å². The minimum absolute atomic E-state index is 0.170. The second kappa shape index (κ2) is 4.91. The maximum absolute atomic E-state index is 8.91. The normalized spacial score (nSPS) is 29.2. The number of ether oxygens (including phenoxy) is 1. The third-order valence-corrected chi connectivity index (χ3v) is 3.04. The van der Waals surface area contributed by atoms with Gasteiger partial charge in [0.2, 0.25) is 0 Å². The van der Waals surface area contributed by atoms with Crippen molar-refractivity contribution in [2.45, 2.75) is 44.4 Å². The third-order valence-electron chi connectivity index (χ3n) is 3.04. The summed E-state index contributed by atoms with van der Waals surface area (Å²) in [5.41, 5.74) is 1.08. The highest BCUT2D eigenvalue weighted by atomic mass is 16.5. The maximum Gasteiger partial charge on any atom is 0.112 e. The van der Waals surface area contributed by atoms with Gasteiger partial charge in [0, 0.05) is 13.0 Å². The summed E-state index contributed by atoms with van der Waals surface area (Å²) in [5.74, 6) is 0. The molecule has 1 fully saturated rings. The Morgan fingerprint density at radius 3 is 2.79 bits per heavy atom. The van der Waals surface area contributed by atoms with Crippen molar-refractivity contribution < 1.29 is 9.84 Å². The molecule has 1 atom stereocenters. The Morgan fingerprint density at radius 2 is 2.21 bits per heavy atom. The molecule has 1 aliphatic carbocycles. The molecule has 0 spiro atoms. The fourth-order valence-corrected chi connectivity index (χ4v) is 2.16. The van der Waals surface area contributed by atoms with Crippen LogP contribution in [0.15, 0.2) is 11.6 Å². The van der Waals surface area contributed by atoms with Crippen LogP contribution in [0.5, 0.6) is 0 Å². The second-order valence-electron chi connectivity index (χ2n) is 4.17. The molecule has 0 aromatic carbocycles. The highest BCUT2D eigenvalue weighted by Crippen LogP contribution is 2.23. The predicted octanol–water partition coefficient (Wildman–Crippen LogP) is 1.18.